The molecule has 0 aliphatic heterocycles. The summed E-state index contributed by atoms with van der Waals surface area (Å²) >= 11 is 0. The van der Waals surface area contributed by atoms with E-state index < -0.39 is 16.8 Å². The monoisotopic (exact) mass is 478 g/mol. The molecule has 0 bridgehead atoms. The molecule has 9 heteroatoms. The van der Waals surface area contributed by atoms with E-state index in [0.29, 0.717) is 11.9 Å². The average molecular weight is 479 g/mol. The Balaban J connectivity index is 0.000000301. The van der Waals surface area contributed by atoms with Gasteiger partial charge in [0.25, 0.3) is 0 Å². The molecule has 1 fully saturated rings. The second kappa shape index (κ2) is 16.3. The summed E-state index contributed by atoms with van der Waals surface area (Å²) in [6, 6.07) is 4.23. The molecule has 3 aromatic rings. The molecule has 33 heavy (non-hydrogen) atoms. The van der Waals surface area contributed by atoms with Crippen LogP contribution in [0.4, 0.5) is 10.2 Å². The molecule has 0 amide bonds. The lowest BCUT2D eigenvalue weighted by molar-refractivity contribution is 0.419. The average Bonchev–Trinajstić information content (AvgIpc) is 3.29. The summed E-state index contributed by atoms with van der Waals surface area (Å²) in [5.74, 6) is 0.402. The maximum Gasteiger partial charge on any atom is 0.183 e. The minimum atomic E-state index is -0.768. The maximum atomic E-state index is 13.0. The highest BCUT2D eigenvalue weighted by Gasteiger charge is 2.14. The molecule has 3 aromatic heterocycles. The summed E-state index contributed by atoms with van der Waals surface area (Å²) in [6.07, 6.45) is 11.9. The summed E-state index contributed by atoms with van der Waals surface area (Å²) in [4.78, 5) is 15.0. The number of anilines is 1. The number of nitrogen functional groups attached to an aromatic ring is 1. The molecule has 184 valence electrons. The SMILES string of the molecule is CC.CC.CCCS(=O)NC1CCCCC1.Nc1nc(-c2c[nH]c3ncccc23)ncc1F. The van der Waals surface area contributed by atoms with Crippen LogP contribution in [0.15, 0.2) is 30.7 Å². The van der Waals surface area contributed by atoms with Crippen LogP contribution in [0.2, 0.25) is 0 Å². The molecule has 1 saturated carbocycles. The predicted octanol–water partition coefficient (Wildman–Crippen LogP) is 5.78. The number of fused-ring (bicyclic) bond motifs is 1. The zero-order valence-corrected chi connectivity index (χ0v) is 21.3. The number of aromatic amines is 1. The fourth-order valence-electron chi connectivity index (χ4n) is 3.30. The van der Waals surface area contributed by atoms with Gasteiger partial charge in [0, 0.05) is 35.1 Å². The van der Waals surface area contributed by atoms with Crippen LogP contribution in [0.5, 0.6) is 0 Å². The highest BCUT2D eigenvalue weighted by Crippen LogP contribution is 2.25. The van der Waals surface area contributed by atoms with Gasteiger partial charge in [0.2, 0.25) is 0 Å². The zero-order valence-electron chi connectivity index (χ0n) is 20.5. The number of nitrogens with zero attached hydrogens (tertiary/aromatic N) is 3. The van der Waals surface area contributed by atoms with Crippen LogP contribution in [0, 0.1) is 5.82 Å². The first-order chi connectivity index (χ1) is 16.1. The summed E-state index contributed by atoms with van der Waals surface area (Å²) in [6.45, 7) is 10.1. The van der Waals surface area contributed by atoms with Crippen molar-refractivity contribution in [3.8, 4) is 11.4 Å². The van der Waals surface area contributed by atoms with Gasteiger partial charge in [0.05, 0.1) is 17.2 Å². The lowest BCUT2D eigenvalue weighted by atomic mass is 9.96. The molecule has 1 aliphatic rings. The van der Waals surface area contributed by atoms with Gasteiger partial charge < -0.3 is 10.7 Å². The van der Waals surface area contributed by atoms with Crippen LogP contribution in [0.3, 0.4) is 0 Å². The van der Waals surface area contributed by atoms with E-state index >= 15 is 0 Å². The number of pyridine rings is 1. The van der Waals surface area contributed by atoms with E-state index in [1.165, 1.54) is 32.1 Å². The summed E-state index contributed by atoms with van der Waals surface area (Å²) in [5.41, 5.74) is 6.90. The Kier molecular flexibility index (Phi) is 14.1. The third-order valence-corrected chi connectivity index (χ3v) is 6.13. The molecule has 0 radical (unpaired) electrons. The van der Waals surface area contributed by atoms with Crippen LogP contribution in [-0.4, -0.2) is 35.9 Å². The van der Waals surface area contributed by atoms with E-state index in [1.54, 1.807) is 12.4 Å². The predicted molar refractivity (Wildman–Crippen MR) is 137 cm³/mol. The molecular formula is C24H39FN6OS. The van der Waals surface area contributed by atoms with E-state index in [2.05, 4.69) is 31.6 Å². The lowest BCUT2D eigenvalue weighted by Crippen LogP contribution is -2.33. The van der Waals surface area contributed by atoms with Gasteiger partial charge in [-0.2, -0.15) is 0 Å². The van der Waals surface area contributed by atoms with Gasteiger partial charge in [-0.1, -0.05) is 53.9 Å². The Hall–Kier alpha value is -2.39. The van der Waals surface area contributed by atoms with Crippen molar-refractivity contribution in [2.45, 2.75) is 79.2 Å². The molecule has 4 rings (SSSR count). The van der Waals surface area contributed by atoms with Crippen LogP contribution in [-0.2, 0) is 11.0 Å². The standard InChI is InChI=1S/C11H8FN5.C9H19NOS.2C2H6/c12-8-5-16-11(17-9(8)13)7-4-15-10-6(7)2-1-3-14-10;1-2-8-12(11)10-9-6-4-3-5-7-9;2*1-2/h1-5H,(H,14,15)(H2,13,16,17);9-10H,2-8H2,1H3;2*1-2H3. The second-order valence-corrected chi connectivity index (χ2v) is 8.37. The molecule has 4 N–H and O–H groups in total. The van der Waals surface area contributed by atoms with Gasteiger partial charge >= 0.3 is 0 Å². The van der Waals surface area contributed by atoms with Gasteiger partial charge in [0.15, 0.2) is 17.5 Å². The smallest absolute Gasteiger partial charge is 0.183 e. The largest absolute Gasteiger partial charge is 0.381 e. The Labute approximate surface area is 199 Å². The van der Waals surface area contributed by atoms with Crippen molar-refractivity contribution in [1.82, 2.24) is 24.7 Å². The number of nitrogens with two attached hydrogens (primary N) is 1. The van der Waals surface area contributed by atoms with E-state index in [4.69, 9.17) is 5.73 Å². The van der Waals surface area contributed by atoms with Gasteiger partial charge in [-0.15, -0.1) is 0 Å². The molecule has 3 heterocycles. The zero-order chi connectivity index (χ0) is 24.6. The van der Waals surface area contributed by atoms with Gasteiger partial charge in [0.1, 0.15) is 5.65 Å². The van der Waals surface area contributed by atoms with Crippen LogP contribution < -0.4 is 10.5 Å². The van der Waals surface area contributed by atoms with E-state index in [9.17, 15) is 8.60 Å². The van der Waals surface area contributed by atoms with E-state index in [-0.39, 0.29) is 5.82 Å². The first-order valence-corrected chi connectivity index (χ1v) is 13.3. The number of H-pyrrole nitrogens is 1. The molecule has 0 saturated heterocycles. The van der Waals surface area contributed by atoms with Crippen LogP contribution >= 0.6 is 0 Å². The van der Waals surface area contributed by atoms with Crippen molar-refractivity contribution in [3.63, 3.8) is 0 Å². The number of hydrogen-bond donors (Lipinski definition) is 3. The number of hydrogen-bond acceptors (Lipinski definition) is 5. The van der Waals surface area contributed by atoms with Crippen molar-refractivity contribution in [1.29, 1.82) is 0 Å². The van der Waals surface area contributed by atoms with Crippen molar-refractivity contribution in [2.24, 2.45) is 0 Å². The Bertz CT molecular complexity index is 959. The molecule has 1 unspecified atom stereocenters. The third-order valence-electron chi connectivity index (χ3n) is 4.76. The molecule has 0 aromatic carbocycles. The minimum Gasteiger partial charge on any atom is -0.381 e. The van der Waals surface area contributed by atoms with Crippen molar-refractivity contribution < 1.29 is 8.60 Å². The highest BCUT2D eigenvalue weighted by atomic mass is 32.2. The third kappa shape index (κ3) is 9.17. The van der Waals surface area contributed by atoms with Crippen molar-refractivity contribution in [3.05, 3.63) is 36.5 Å². The van der Waals surface area contributed by atoms with Crippen LogP contribution in [0.1, 0.15) is 73.1 Å². The first kappa shape index (κ1) is 28.6. The maximum absolute atomic E-state index is 13.0. The number of halogens is 1. The molecule has 1 aliphatic carbocycles. The molecular weight excluding hydrogens is 439 g/mol. The highest BCUT2D eigenvalue weighted by molar-refractivity contribution is 7.83. The van der Waals surface area contributed by atoms with Gasteiger partial charge in [-0.25, -0.2) is 28.3 Å². The number of nitrogens with one attached hydrogen (secondary N) is 2. The quantitative estimate of drug-likeness (QED) is 0.431. The van der Waals surface area contributed by atoms with Gasteiger partial charge in [-0.05, 0) is 31.4 Å². The summed E-state index contributed by atoms with van der Waals surface area (Å²) < 4.78 is 27.5. The molecule has 1 atom stereocenters. The normalized spacial score (nSPS) is 14.1. The topological polar surface area (TPSA) is 110 Å². The number of rotatable bonds is 5. The fraction of sp³-hybridized carbons (Fsp3) is 0.542. The van der Waals surface area contributed by atoms with E-state index in [1.807, 2.05) is 39.8 Å². The Morgan fingerprint density at radius 1 is 1.18 bits per heavy atom. The minimum absolute atomic E-state index is 0.159. The lowest BCUT2D eigenvalue weighted by Gasteiger charge is -2.21. The van der Waals surface area contributed by atoms with Crippen molar-refractivity contribution >= 4 is 27.8 Å². The van der Waals surface area contributed by atoms with Crippen LogP contribution in [0.25, 0.3) is 22.4 Å². The summed E-state index contributed by atoms with van der Waals surface area (Å²) in [7, 11) is -0.768. The number of aromatic nitrogens is 4. The molecule has 7 nitrogen and oxygen atoms in total. The van der Waals surface area contributed by atoms with Crippen molar-refractivity contribution in [2.75, 3.05) is 11.5 Å². The second-order valence-electron chi connectivity index (χ2n) is 7.03. The van der Waals surface area contributed by atoms with E-state index in [0.717, 1.165) is 35.0 Å². The Morgan fingerprint density at radius 2 is 1.88 bits per heavy atom. The van der Waals surface area contributed by atoms with Gasteiger partial charge in [-0.3, -0.25) is 0 Å². The fourth-order valence-corrected chi connectivity index (χ4v) is 4.40. The Morgan fingerprint density at radius 3 is 2.52 bits per heavy atom. The molecule has 0 spiro atoms. The summed E-state index contributed by atoms with van der Waals surface area (Å²) in [5, 5.41) is 0.874. The first-order valence-electron chi connectivity index (χ1n) is 11.9.